The van der Waals surface area contributed by atoms with Gasteiger partial charge in [0.05, 0.1) is 12.8 Å². The van der Waals surface area contributed by atoms with Crippen LogP contribution in [0.2, 0.25) is 0 Å². The van der Waals surface area contributed by atoms with Crippen LogP contribution in [0.3, 0.4) is 0 Å². The third-order valence-electron chi connectivity index (χ3n) is 4.83. The fourth-order valence-corrected chi connectivity index (χ4v) is 3.29. The first-order chi connectivity index (χ1) is 13.1. The fourth-order valence-electron chi connectivity index (χ4n) is 3.29. The lowest BCUT2D eigenvalue weighted by atomic mass is 10.2. The number of anilines is 2. The van der Waals surface area contributed by atoms with Crippen molar-refractivity contribution in [3.05, 3.63) is 53.8 Å². The van der Waals surface area contributed by atoms with E-state index in [0.717, 1.165) is 35.8 Å². The second-order valence-corrected chi connectivity index (χ2v) is 6.72. The van der Waals surface area contributed by atoms with E-state index in [-0.39, 0.29) is 11.7 Å². The highest BCUT2D eigenvalue weighted by atomic mass is 19.1. The third kappa shape index (κ3) is 4.90. The first-order valence-corrected chi connectivity index (χ1v) is 9.23. The number of piperazine rings is 1. The number of benzene rings is 2. The fraction of sp³-hybridized carbons (Fsp3) is 0.381. The topological polar surface area (TPSA) is 44.8 Å². The van der Waals surface area contributed by atoms with Gasteiger partial charge in [-0.1, -0.05) is 6.07 Å². The van der Waals surface area contributed by atoms with Crippen molar-refractivity contribution in [2.45, 2.75) is 13.3 Å². The average molecular weight is 371 g/mol. The van der Waals surface area contributed by atoms with Crippen molar-refractivity contribution in [2.75, 3.05) is 50.1 Å². The lowest BCUT2D eigenvalue weighted by Crippen LogP contribution is -2.49. The molecule has 2 aromatic rings. The van der Waals surface area contributed by atoms with Crippen LogP contribution in [0, 0.1) is 12.7 Å². The molecule has 3 rings (SSSR count). The van der Waals surface area contributed by atoms with Gasteiger partial charge < -0.3 is 19.9 Å². The van der Waals surface area contributed by atoms with Gasteiger partial charge in [-0.25, -0.2) is 4.39 Å². The van der Waals surface area contributed by atoms with E-state index >= 15 is 0 Å². The highest BCUT2D eigenvalue weighted by Crippen LogP contribution is 2.25. The number of carbonyl (C=O) groups is 1. The van der Waals surface area contributed by atoms with Gasteiger partial charge in [-0.3, -0.25) is 4.79 Å². The first kappa shape index (κ1) is 19.0. The van der Waals surface area contributed by atoms with E-state index in [0.29, 0.717) is 26.1 Å². The third-order valence-corrected chi connectivity index (χ3v) is 4.83. The number of halogens is 1. The number of rotatable bonds is 6. The minimum Gasteiger partial charge on any atom is -0.495 e. The SMILES string of the molecule is COc1ccc(C)cc1NCCC(=O)N1CCN(c2ccc(F)cc2)CC1. The van der Waals surface area contributed by atoms with Crippen molar-refractivity contribution in [2.24, 2.45) is 0 Å². The van der Waals surface area contributed by atoms with Gasteiger partial charge in [0.1, 0.15) is 11.6 Å². The lowest BCUT2D eigenvalue weighted by molar-refractivity contribution is -0.131. The summed E-state index contributed by atoms with van der Waals surface area (Å²) in [7, 11) is 1.64. The molecule has 144 valence electrons. The summed E-state index contributed by atoms with van der Waals surface area (Å²) in [5.41, 5.74) is 3.05. The molecule has 0 unspecified atom stereocenters. The largest absolute Gasteiger partial charge is 0.495 e. The van der Waals surface area contributed by atoms with Gasteiger partial charge in [0.25, 0.3) is 0 Å². The Balaban J connectivity index is 1.46. The van der Waals surface area contributed by atoms with E-state index in [4.69, 9.17) is 4.74 Å². The van der Waals surface area contributed by atoms with Crippen LogP contribution in [0.4, 0.5) is 15.8 Å². The summed E-state index contributed by atoms with van der Waals surface area (Å²) in [4.78, 5) is 16.6. The standard InChI is InChI=1S/C21H26FN3O2/c1-16-3-8-20(27-2)19(15-16)23-10-9-21(26)25-13-11-24(12-14-25)18-6-4-17(22)5-7-18/h3-8,15,23H,9-14H2,1-2H3. The Bertz CT molecular complexity index is 771. The molecule has 27 heavy (non-hydrogen) atoms. The quantitative estimate of drug-likeness (QED) is 0.846. The van der Waals surface area contributed by atoms with Crippen LogP contribution in [0.15, 0.2) is 42.5 Å². The molecular weight excluding hydrogens is 345 g/mol. The van der Waals surface area contributed by atoms with E-state index in [1.54, 1.807) is 19.2 Å². The molecule has 0 spiro atoms. The second-order valence-electron chi connectivity index (χ2n) is 6.72. The molecule has 1 N–H and O–H groups in total. The molecule has 1 fully saturated rings. The molecule has 0 atom stereocenters. The maximum atomic E-state index is 13.0. The Labute approximate surface area is 159 Å². The number of amides is 1. The van der Waals surface area contributed by atoms with E-state index in [2.05, 4.69) is 10.2 Å². The molecule has 1 heterocycles. The van der Waals surface area contributed by atoms with Gasteiger partial charge in [-0.15, -0.1) is 0 Å². The smallest absolute Gasteiger partial charge is 0.224 e. The van der Waals surface area contributed by atoms with E-state index in [9.17, 15) is 9.18 Å². The Hall–Kier alpha value is -2.76. The summed E-state index contributed by atoms with van der Waals surface area (Å²) in [5, 5.41) is 3.30. The number of ether oxygens (including phenoxy) is 1. The molecule has 5 nitrogen and oxygen atoms in total. The van der Waals surface area contributed by atoms with Crippen LogP contribution in [0.25, 0.3) is 0 Å². The van der Waals surface area contributed by atoms with Gasteiger partial charge >= 0.3 is 0 Å². The molecule has 1 saturated heterocycles. The maximum absolute atomic E-state index is 13.0. The lowest BCUT2D eigenvalue weighted by Gasteiger charge is -2.36. The van der Waals surface area contributed by atoms with Gasteiger partial charge in [0.15, 0.2) is 0 Å². The number of aryl methyl sites for hydroxylation is 1. The summed E-state index contributed by atoms with van der Waals surface area (Å²) in [5.74, 6) is 0.694. The summed E-state index contributed by atoms with van der Waals surface area (Å²) in [6.07, 6.45) is 0.438. The zero-order valence-electron chi connectivity index (χ0n) is 15.9. The van der Waals surface area contributed by atoms with Crippen molar-refractivity contribution in [3.8, 4) is 5.75 Å². The Morgan fingerprint density at radius 3 is 2.48 bits per heavy atom. The van der Waals surface area contributed by atoms with Crippen LogP contribution in [0.1, 0.15) is 12.0 Å². The van der Waals surface area contributed by atoms with E-state index < -0.39 is 0 Å². The molecule has 6 heteroatoms. The minimum atomic E-state index is -0.231. The summed E-state index contributed by atoms with van der Waals surface area (Å²) >= 11 is 0. The van der Waals surface area contributed by atoms with Crippen molar-refractivity contribution in [1.29, 1.82) is 0 Å². The number of nitrogens with zero attached hydrogens (tertiary/aromatic N) is 2. The monoisotopic (exact) mass is 371 g/mol. The zero-order chi connectivity index (χ0) is 19.2. The van der Waals surface area contributed by atoms with Crippen molar-refractivity contribution in [1.82, 2.24) is 4.90 Å². The summed E-state index contributed by atoms with van der Waals surface area (Å²) in [6.45, 7) is 5.48. The second kappa shape index (κ2) is 8.75. The minimum absolute atomic E-state index is 0.146. The summed E-state index contributed by atoms with van der Waals surface area (Å²) < 4.78 is 18.4. The molecular formula is C21H26FN3O2. The number of nitrogens with one attached hydrogen (secondary N) is 1. The van der Waals surface area contributed by atoms with Gasteiger partial charge in [-0.05, 0) is 48.9 Å². The zero-order valence-corrected chi connectivity index (χ0v) is 15.9. The van der Waals surface area contributed by atoms with Crippen LogP contribution in [-0.4, -0.2) is 50.6 Å². The molecule has 0 radical (unpaired) electrons. The number of hydrogen-bond donors (Lipinski definition) is 1. The van der Waals surface area contributed by atoms with Crippen molar-refractivity contribution >= 4 is 17.3 Å². The molecule has 0 aliphatic carbocycles. The van der Waals surface area contributed by atoms with Gasteiger partial charge in [0, 0.05) is 44.8 Å². The van der Waals surface area contributed by atoms with Gasteiger partial charge in [0.2, 0.25) is 5.91 Å². The Morgan fingerprint density at radius 1 is 1.11 bits per heavy atom. The highest BCUT2D eigenvalue weighted by molar-refractivity contribution is 5.77. The van der Waals surface area contributed by atoms with Crippen molar-refractivity contribution in [3.63, 3.8) is 0 Å². The molecule has 0 saturated carbocycles. The first-order valence-electron chi connectivity index (χ1n) is 9.23. The number of carbonyl (C=O) groups excluding carboxylic acids is 1. The Kier molecular flexibility index (Phi) is 6.16. The Morgan fingerprint density at radius 2 is 1.81 bits per heavy atom. The highest BCUT2D eigenvalue weighted by Gasteiger charge is 2.21. The number of hydrogen-bond acceptors (Lipinski definition) is 4. The predicted molar refractivity (Wildman–Crippen MR) is 106 cm³/mol. The van der Waals surface area contributed by atoms with Crippen molar-refractivity contribution < 1.29 is 13.9 Å². The number of methoxy groups -OCH3 is 1. The summed E-state index contributed by atoms with van der Waals surface area (Å²) in [6, 6.07) is 12.4. The molecule has 1 aliphatic heterocycles. The molecule has 1 amide bonds. The van der Waals surface area contributed by atoms with Gasteiger partial charge in [-0.2, -0.15) is 0 Å². The molecule has 1 aliphatic rings. The molecule has 2 aromatic carbocycles. The van der Waals surface area contributed by atoms with Crippen LogP contribution in [0.5, 0.6) is 5.75 Å². The predicted octanol–water partition coefficient (Wildman–Crippen LogP) is 3.29. The molecule has 0 bridgehead atoms. The molecule has 0 aromatic heterocycles. The van der Waals surface area contributed by atoms with Crippen LogP contribution >= 0.6 is 0 Å². The van der Waals surface area contributed by atoms with Crippen LogP contribution in [-0.2, 0) is 4.79 Å². The average Bonchev–Trinajstić information content (AvgIpc) is 2.69. The maximum Gasteiger partial charge on any atom is 0.224 e. The normalized spacial score (nSPS) is 14.2. The van der Waals surface area contributed by atoms with Crippen LogP contribution < -0.4 is 15.0 Å². The van der Waals surface area contributed by atoms with E-state index in [1.807, 2.05) is 30.0 Å². The van der Waals surface area contributed by atoms with E-state index in [1.165, 1.54) is 12.1 Å².